The number of nitrogens with zero attached hydrogens (tertiary/aromatic N) is 1. The Labute approximate surface area is 242 Å². The average Bonchev–Trinajstić information content (AvgIpc) is 3.39. The van der Waals surface area contributed by atoms with Crippen molar-refractivity contribution in [3.63, 3.8) is 0 Å². The molecule has 0 spiro atoms. The fourth-order valence-corrected chi connectivity index (χ4v) is 5.78. The topological polar surface area (TPSA) is 27.7 Å². The Bertz CT molecular complexity index is 647. The molecule has 0 saturated carbocycles. The zero-order valence-corrected chi connectivity index (χ0v) is 26.0. The predicted octanol–water partition coefficient (Wildman–Crippen LogP) is 9.11. The molecular weight excluding hydrogens is 482 g/mol. The van der Waals surface area contributed by atoms with Gasteiger partial charge in [0.1, 0.15) is 6.10 Å². The van der Waals surface area contributed by atoms with Crippen molar-refractivity contribution in [1.29, 1.82) is 0 Å². The first-order valence-electron chi connectivity index (χ1n) is 16.9. The normalized spacial score (nSPS) is 15.6. The van der Waals surface area contributed by atoms with Crippen molar-refractivity contribution in [3.05, 3.63) is 35.9 Å². The van der Waals surface area contributed by atoms with Gasteiger partial charge in [0.2, 0.25) is 0 Å². The van der Waals surface area contributed by atoms with Gasteiger partial charge >= 0.3 is 0 Å². The molecule has 1 aromatic carbocycles. The van der Waals surface area contributed by atoms with Gasteiger partial charge < -0.3 is 18.7 Å². The van der Waals surface area contributed by atoms with Gasteiger partial charge in [-0.15, -0.1) is 0 Å². The lowest BCUT2D eigenvalue weighted by atomic mass is 10.0. The first-order chi connectivity index (χ1) is 19.2. The van der Waals surface area contributed by atoms with E-state index in [0.717, 1.165) is 26.1 Å². The third-order valence-corrected chi connectivity index (χ3v) is 8.46. The van der Waals surface area contributed by atoms with Gasteiger partial charge in [0.05, 0.1) is 46.5 Å². The van der Waals surface area contributed by atoms with E-state index < -0.39 is 0 Å². The summed E-state index contributed by atoms with van der Waals surface area (Å²) in [6.45, 7) is 9.82. The van der Waals surface area contributed by atoms with Crippen molar-refractivity contribution >= 4 is 0 Å². The van der Waals surface area contributed by atoms with E-state index in [4.69, 9.17) is 14.2 Å². The highest BCUT2D eigenvalue weighted by Crippen LogP contribution is 2.17. The molecule has 2 rings (SSSR count). The number of rotatable bonds is 27. The van der Waals surface area contributed by atoms with Crippen LogP contribution < -0.4 is 0 Å². The van der Waals surface area contributed by atoms with Crippen molar-refractivity contribution in [2.75, 3.05) is 53.1 Å². The van der Waals surface area contributed by atoms with Crippen LogP contribution in [0.15, 0.2) is 30.3 Å². The zero-order chi connectivity index (χ0) is 27.7. The first-order valence-corrected chi connectivity index (χ1v) is 16.9. The summed E-state index contributed by atoms with van der Waals surface area (Å²) < 4.78 is 19.6. The summed E-state index contributed by atoms with van der Waals surface area (Å²) in [7, 11) is 2.41. The number of hydrogen-bond donors (Lipinski definition) is 0. The number of hydrogen-bond acceptors (Lipinski definition) is 3. The molecule has 0 aromatic heterocycles. The zero-order valence-electron chi connectivity index (χ0n) is 26.0. The maximum atomic E-state index is 6.20. The third kappa shape index (κ3) is 18.9. The summed E-state index contributed by atoms with van der Waals surface area (Å²) in [5.41, 5.74) is 1.21. The number of benzene rings is 1. The summed E-state index contributed by atoms with van der Waals surface area (Å²) in [5, 5.41) is 0. The van der Waals surface area contributed by atoms with Crippen molar-refractivity contribution in [1.82, 2.24) is 0 Å². The molecule has 1 unspecified atom stereocenters. The van der Waals surface area contributed by atoms with E-state index in [1.165, 1.54) is 132 Å². The van der Waals surface area contributed by atoms with Gasteiger partial charge in [0.25, 0.3) is 0 Å². The number of unbranched alkanes of at least 4 members (excludes halogenated alkanes) is 14. The number of quaternary nitrogens is 1. The molecule has 1 atom stereocenters. The predicted molar refractivity (Wildman–Crippen MR) is 166 cm³/mol. The molecule has 1 aliphatic heterocycles. The molecule has 0 aliphatic carbocycles. The highest BCUT2D eigenvalue weighted by molar-refractivity contribution is 5.13. The van der Waals surface area contributed by atoms with Crippen molar-refractivity contribution < 1.29 is 18.7 Å². The Hall–Kier alpha value is -0.940. The summed E-state index contributed by atoms with van der Waals surface area (Å²) in [6, 6.07) is 10.4. The SMILES string of the molecule is CCCCCCCCCCCCCCCCOCC(COCCCC[N+]1(C)CCCC1)OCc1ccccc1. The molecule has 1 saturated heterocycles. The highest BCUT2D eigenvalue weighted by atomic mass is 16.6. The van der Waals surface area contributed by atoms with Gasteiger partial charge in [0.15, 0.2) is 0 Å². The minimum Gasteiger partial charge on any atom is -0.379 e. The summed E-state index contributed by atoms with van der Waals surface area (Å²) >= 11 is 0. The standard InChI is InChI=1S/C35H64NO3/c1-3-4-5-6-7-8-9-10-11-12-13-14-15-22-29-37-32-35(39-31-34-24-17-16-18-25-34)33-38-30-23-21-28-36(2)26-19-20-27-36/h16-18,24-25,35H,3-15,19-23,26-33H2,1-2H3/q+1. The van der Waals surface area contributed by atoms with E-state index in [9.17, 15) is 0 Å². The van der Waals surface area contributed by atoms with Crippen molar-refractivity contribution in [2.24, 2.45) is 0 Å². The fraction of sp³-hybridized carbons (Fsp3) is 0.829. The smallest absolute Gasteiger partial charge is 0.105 e. The minimum atomic E-state index is -0.0000170. The van der Waals surface area contributed by atoms with Crippen LogP contribution in [-0.4, -0.2) is 63.7 Å². The summed E-state index contributed by atoms with van der Waals surface area (Å²) in [4.78, 5) is 0. The van der Waals surface area contributed by atoms with Crippen LogP contribution in [0, 0.1) is 0 Å². The van der Waals surface area contributed by atoms with E-state index in [0.29, 0.717) is 19.8 Å². The summed E-state index contributed by atoms with van der Waals surface area (Å²) in [6.07, 6.45) is 24.6. The lowest BCUT2D eigenvalue weighted by Gasteiger charge is -2.29. The molecule has 0 amide bonds. The van der Waals surface area contributed by atoms with E-state index in [1.54, 1.807) is 0 Å². The van der Waals surface area contributed by atoms with E-state index in [2.05, 4.69) is 44.3 Å². The number of ether oxygens (including phenoxy) is 3. The van der Waals surface area contributed by atoms with Gasteiger partial charge in [0, 0.05) is 26.1 Å². The Morgan fingerprint density at radius 1 is 0.641 bits per heavy atom. The third-order valence-electron chi connectivity index (χ3n) is 8.46. The molecule has 1 fully saturated rings. The monoisotopic (exact) mass is 546 g/mol. The van der Waals surface area contributed by atoms with Crippen LogP contribution in [0.3, 0.4) is 0 Å². The molecule has 0 bridgehead atoms. The maximum absolute atomic E-state index is 6.20. The second-order valence-electron chi connectivity index (χ2n) is 12.4. The molecular formula is C35H64NO3+. The molecule has 0 radical (unpaired) electrons. The van der Waals surface area contributed by atoms with Crippen LogP contribution in [0.1, 0.15) is 128 Å². The quantitative estimate of drug-likeness (QED) is 0.0813. The number of likely N-dealkylation sites (tertiary alicyclic amines) is 1. The van der Waals surface area contributed by atoms with Crippen LogP contribution in [0.4, 0.5) is 0 Å². The van der Waals surface area contributed by atoms with E-state index in [1.807, 2.05) is 0 Å². The van der Waals surface area contributed by atoms with Gasteiger partial charge in [-0.3, -0.25) is 0 Å². The molecule has 1 heterocycles. The lowest BCUT2D eigenvalue weighted by molar-refractivity contribution is -0.897. The second kappa shape index (κ2) is 23.7. The van der Waals surface area contributed by atoms with Crippen LogP contribution >= 0.6 is 0 Å². The van der Waals surface area contributed by atoms with Gasteiger partial charge in [-0.25, -0.2) is 0 Å². The van der Waals surface area contributed by atoms with Crippen LogP contribution in [0.25, 0.3) is 0 Å². The molecule has 226 valence electrons. The Morgan fingerprint density at radius 2 is 1.13 bits per heavy atom. The molecule has 0 N–H and O–H groups in total. The van der Waals surface area contributed by atoms with E-state index >= 15 is 0 Å². The minimum absolute atomic E-state index is 0.0000170. The van der Waals surface area contributed by atoms with Gasteiger partial charge in [-0.05, 0) is 24.8 Å². The second-order valence-corrected chi connectivity index (χ2v) is 12.4. The van der Waals surface area contributed by atoms with Crippen LogP contribution in [0.5, 0.6) is 0 Å². The van der Waals surface area contributed by atoms with Crippen molar-refractivity contribution in [2.45, 2.75) is 135 Å². The molecule has 1 aliphatic rings. The molecule has 4 heteroatoms. The van der Waals surface area contributed by atoms with E-state index in [-0.39, 0.29) is 6.10 Å². The molecule has 4 nitrogen and oxygen atoms in total. The molecule has 1 aromatic rings. The Kier molecular flexibility index (Phi) is 20.9. The summed E-state index contributed by atoms with van der Waals surface area (Å²) in [5.74, 6) is 0. The van der Waals surface area contributed by atoms with Gasteiger partial charge in [-0.2, -0.15) is 0 Å². The fourth-order valence-electron chi connectivity index (χ4n) is 5.78. The average molecular weight is 547 g/mol. The van der Waals surface area contributed by atoms with Crippen LogP contribution in [-0.2, 0) is 20.8 Å². The van der Waals surface area contributed by atoms with Crippen LogP contribution in [0.2, 0.25) is 0 Å². The van der Waals surface area contributed by atoms with Crippen molar-refractivity contribution in [3.8, 4) is 0 Å². The first kappa shape index (κ1) is 34.3. The van der Waals surface area contributed by atoms with Gasteiger partial charge in [-0.1, -0.05) is 121 Å². The molecule has 39 heavy (non-hydrogen) atoms. The highest BCUT2D eigenvalue weighted by Gasteiger charge is 2.25. The lowest BCUT2D eigenvalue weighted by Crippen LogP contribution is -2.41. The maximum Gasteiger partial charge on any atom is 0.105 e. The largest absolute Gasteiger partial charge is 0.379 e. The Morgan fingerprint density at radius 3 is 1.67 bits per heavy atom. The Balaban J connectivity index is 1.46.